The van der Waals surface area contributed by atoms with E-state index in [2.05, 4.69) is 10.1 Å². The van der Waals surface area contributed by atoms with Crippen molar-refractivity contribution in [2.24, 2.45) is 10.1 Å². The Balaban J connectivity index is 1.66. The maximum Gasteiger partial charge on any atom is 0.283 e. The Bertz CT molecular complexity index is 978. The number of hydrazone groups is 1. The first-order chi connectivity index (χ1) is 12.7. The van der Waals surface area contributed by atoms with Crippen molar-refractivity contribution < 1.29 is 9.53 Å². The number of amides is 1. The van der Waals surface area contributed by atoms with Crippen molar-refractivity contribution in [1.29, 1.82) is 5.41 Å². The summed E-state index contributed by atoms with van der Waals surface area (Å²) in [7, 11) is 1.59. The quantitative estimate of drug-likeness (QED) is 0.849. The number of benzene rings is 2. The number of ether oxygens (including phenoxy) is 1. The van der Waals surface area contributed by atoms with Crippen molar-refractivity contribution in [2.45, 2.75) is 0 Å². The fraction of sp³-hybridized carbons (Fsp3) is 0.0526. The highest BCUT2D eigenvalue weighted by atomic mass is 32.2. The SMILES string of the molecule is COc1ccc(/C=C2\C(=N)N3N=C(c4ccccc4)SC3=NC2=O)cc1. The van der Waals surface area contributed by atoms with Crippen molar-refractivity contribution >= 4 is 39.8 Å². The molecule has 2 aromatic rings. The standard InChI is InChI=1S/C19H14N4O2S/c1-25-14-9-7-12(8-10-14)11-15-16(20)23-19(21-17(15)24)26-18(22-23)13-5-3-2-4-6-13/h2-11,20H,1H3/b15-11+,20-16?. The van der Waals surface area contributed by atoms with Gasteiger partial charge < -0.3 is 4.74 Å². The molecule has 7 heteroatoms. The predicted molar refractivity (Wildman–Crippen MR) is 104 cm³/mol. The molecule has 2 heterocycles. The molecular weight excluding hydrogens is 348 g/mol. The summed E-state index contributed by atoms with van der Waals surface area (Å²) >= 11 is 1.29. The van der Waals surface area contributed by atoms with Gasteiger partial charge in [-0.2, -0.15) is 15.1 Å². The van der Waals surface area contributed by atoms with E-state index in [1.165, 1.54) is 16.8 Å². The fourth-order valence-corrected chi connectivity index (χ4v) is 3.45. The van der Waals surface area contributed by atoms with Crippen LogP contribution >= 0.6 is 11.8 Å². The van der Waals surface area contributed by atoms with Crippen LogP contribution in [0.3, 0.4) is 0 Å². The highest BCUT2D eigenvalue weighted by Crippen LogP contribution is 2.30. The maximum absolute atomic E-state index is 12.4. The molecule has 0 aliphatic carbocycles. The molecule has 0 fully saturated rings. The number of nitrogens with zero attached hydrogens (tertiary/aromatic N) is 3. The van der Waals surface area contributed by atoms with E-state index < -0.39 is 5.91 Å². The van der Waals surface area contributed by atoms with Crippen molar-refractivity contribution in [2.75, 3.05) is 7.11 Å². The molecule has 6 nitrogen and oxygen atoms in total. The zero-order chi connectivity index (χ0) is 18.1. The average molecular weight is 362 g/mol. The molecule has 0 bridgehead atoms. The molecule has 2 aliphatic rings. The summed E-state index contributed by atoms with van der Waals surface area (Å²) in [6.45, 7) is 0. The van der Waals surface area contributed by atoms with Gasteiger partial charge in [-0.3, -0.25) is 10.2 Å². The van der Waals surface area contributed by atoms with Crippen LogP contribution in [0.25, 0.3) is 6.08 Å². The molecule has 0 spiro atoms. The normalized spacial score (nSPS) is 17.9. The summed E-state index contributed by atoms with van der Waals surface area (Å²) in [6, 6.07) is 16.9. The van der Waals surface area contributed by atoms with Crippen LogP contribution in [0.15, 0.2) is 70.3 Å². The summed E-state index contributed by atoms with van der Waals surface area (Å²) in [5.74, 6) is 0.314. The van der Waals surface area contributed by atoms with Crippen LogP contribution in [0.4, 0.5) is 0 Å². The summed E-state index contributed by atoms with van der Waals surface area (Å²) in [6.07, 6.45) is 1.64. The van der Waals surface area contributed by atoms with Gasteiger partial charge >= 0.3 is 0 Å². The number of hydrogen-bond acceptors (Lipinski definition) is 5. The number of carbonyl (C=O) groups is 1. The number of amidine groups is 2. The molecule has 2 aromatic carbocycles. The van der Waals surface area contributed by atoms with Crippen LogP contribution in [0.1, 0.15) is 11.1 Å². The van der Waals surface area contributed by atoms with E-state index in [0.29, 0.717) is 10.2 Å². The number of aliphatic imine (C=N–C) groups is 1. The van der Waals surface area contributed by atoms with E-state index in [-0.39, 0.29) is 11.4 Å². The first kappa shape index (κ1) is 16.3. The number of rotatable bonds is 3. The fourth-order valence-electron chi connectivity index (χ4n) is 2.56. The second-order valence-electron chi connectivity index (χ2n) is 5.56. The zero-order valence-corrected chi connectivity index (χ0v) is 14.7. The second-order valence-corrected chi connectivity index (χ2v) is 6.52. The molecule has 0 aromatic heterocycles. The number of hydrogen-bond donors (Lipinski definition) is 1. The molecular formula is C19H14N4O2S. The lowest BCUT2D eigenvalue weighted by atomic mass is 10.1. The number of fused-ring (bicyclic) bond motifs is 1. The molecule has 0 saturated carbocycles. The smallest absolute Gasteiger partial charge is 0.283 e. The van der Waals surface area contributed by atoms with E-state index in [1.54, 1.807) is 25.3 Å². The molecule has 1 amide bonds. The number of methoxy groups -OCH3 is 1. The van der Waals surface area contributed by atoms with Crippen molar-refractivity contribution in [1.82, 2.24) is 5.01 Å². The first-order valence-corrected chi connectivity index (χ1v) is 8.67. The van der Waals surface area contributed by atoms with E-state index in [9.17, 15) is 4.79 Å². The molecule has 4 rings (SSSR count). The van der Waals surface area contributed by atoms with Crippen LogP contribution in [0.5, 0.6) is 5.75 Å². The van der Waals surface area contributed by atoms with Crippen molar-refractivity contribution in [3.63, 3.8) is 0 Å². The lowest BCUT2D eigenvalue weighted by Crippen LogP contribution is -2.35. The van der Waals surface area contributed by atoms with Gasteiger partial charge in [-0.05, 0) is 35.5 Å². The first-order valence-electron chi connectivity index (χ1n) is 7.85. The van der Waals surface area contributed by atoms with Crippen LogP contribution in [-0.4, -0.2) is 34.1 Å². The van der Waals surface area contributed by atoms with Crippen LogP contribution in [0.2, 0.25) is 0 Å². The Morgan fingerprint density at radius 2 is 1.85 bits per heavy atom. The van der Waals surface area contributed by atoms with E-state index in [4.69, 9.17) is 10.1 Å². The lowest BCUT2D eigenvalue weighted by molar-refractivity contribution is -0.114. The summed E-state index contributed by atoms with van der Waals surface area (Å²) in [4.78, 5) is 16.5. The highest BCUT2D eigenvalue weighted by Gasteiger charge is 2.35. The van der Waals surface area contributed by atoms with E-state index in [0.717, 1.165) is 16.9 Å². The Kier molecular flexibility index (Phi) is 4.14. The van der Waals surface area contributed by atoms with Gasteiger partial charge in [-0.25, -0.2) is 0 Å². The lowest BCUT2D eigenvalue weighted by Gasteiger charge is -2.20. The minimum atomic E-state index is -0.436. The van der Waals surface area contributed by atoms with Gasteiger partial charge in [0.25, 0.3) is 5.91 Å². The topological polar surface area (TPSA) is 78.1 Å². The van der Waals surface area contributed by atoms with E-state index >= 15 is 0 Å². The van der Waals surface area contributed by atoms with Crippen LogP contribution in [0, 0.1) is 5.41 Å². The molecule has 0 atom stereocenters. The third-order valence-electron chi connectivity index (χ3n) is 3.90. The summed E-state index contributed by atoms with van der Waals surface area (Å²) in [5, 5.41) is 15.4. The molecule has 2 aliphatic heterocycles. The molecule has 0 saturated heterocycles. The molecule has 128 valence electrons. The van der Waals surface area contributed by atoms with Crippen LogP contribution in [-0.2, 0) is 4.79 Å². The minimum Gasteiger partial charge on any atom is -0.497 e. The molecule has 1 N–H and O–H groups in total. The third kappa shape index (κ3) is 2.93. The second kappa shape index (κ2) is 6.61. The third-order valence-corrected chi connectivity index (χ3v) is 4.86. The van der Waals surface area contributed by atoms with E-state index in [1.807, 2.05) is 42.5 Å². The molecule has 0 radical (unpaired) electrons. The molecule has 26 heavy (non-hydrogen) atoms. The summed E-state index contributed by atoms with van der Waals surface area (Å²) < 4.78 is 5.13. The Morgan fingerprint density at radius 3 is 2.54 bits per heavy atom. The van der Waals surface area contributed by atoms with Gasteiger partial charge in [-0.1, -0.05) is 42.5 Å². The van der Waals surface area contributed by atoms with Gasteiger partial charge in [0.05, 0.1) is 12.7 Å². The van der Waals surface area contributed by atoms with Crippen molar-refractivity contribution in [3.8, 4) is 5.75 Å². The van der Waals surface area contributed by atoms with Crippen molar-refractivity contribution in [3.05, 3.63) is 71.3 Å². The predicted octanol–water partition coefficient (Wildman–Crippen LogP) is 3.36. The van der Waals surface area contributed by atoms with Crippen LogP contribution < -0.4 is 4.74 Å². The highest BCUT2D eigenvalue weighted by molar-refractivity contribution is 8.27. The zero-order valence-electron chi connectivity index (χ0n) is 13.8. The maximum atomic E-state index is 12.4. The Morgan fingerprint density at radius 1 is 1.12 bits per heavy atom. The monoisotopic (exact) mass is 362 g/mol. The largest absolute Gasteiger partial charge is 0.497 e. The van der Waals surface area contributed by atoms with Gasteiger partial charge in [0.2, 0.25) is 5.17 Å². The van der Waals surface area contributed by atoms with Gasteiger partial charge in [0.1, 0.15) is 10.8 Å². The van der Waals surface area contributed by atoms with Gasteiger partial charge in [0.15, 0.2) is 5.84 Å². The minimum absolute atomic E-state index is 0.0225. The summed E-state index contributed by atoms with van der Waals surface area (Å²) in [5.41, 5.74) is 1.92. The Labute approximate surface area is 154 Å². The molecule has 0 unspecified atom stereocenters. The number of nitrogens with one attached hydrogen (secondary N) is 1. The van der Waals surface area contributed by atoms with Gasteiger partial charge in [-0.15, -0.1) is 0 Å². The Hall–Kier alpha value is -3.19. The number of thioether (sulfide) groups is 1. The number of carbonyl (C=O) groups excluding carboxylic acids is 1. The van der Waals surface area contributed by atoms with Gasteiger partial charge in [0, 0.05) is 5.56 Å². The average Bonchev–Trinajstić information content (AvgIpc) is 3.10.